The van der Waals surface area contributed by atoms with Crippen molar-refractivity contribution in [1.82, 2.24) is 0 Å². The highest BCUT2D eigenvalue weighted by Gasteiger charge is 2.15. The summed E-state index contributed by atoms with van der Waals surface area (Å²) >= 11 is 12.1. The zero-order valence-corrected chi connectivity index (χ0v) is 19.6. The molecule has 1 heterocycles. The van der Waals surface area contributed by atoms with E-state index in [9.17, 15) is 4.79 Å². The predicted octanol–water partition coefficient (Wildman–Crippen LogP) is 6.91. The summed E-state index contributed by atoms with van der Waals surface area (Å²) < 4.78 is 0.689. The third-order valence-corrected chi connectivity index (χ3v) is 7.28. The van der Waals surface area contributed by atoms with Gasteiger partial charge in [-0.2, -0.15) is 25.3 Å². The van der Waals surface area contributed by atoms with E-state index in [1.807, 2.05) is 25.1 Å². The second kappa shape index (κ2) is 15.4. The van der Waals surface area contributed by atoms with Crippen molar-refractivity contribution < 1.29 is 4.79 Å². The molecule has 2 aromatic rings. The minimum Gasteiger partial charge on any atom is -0.298 e. The minimum atomic E-state index is 0.689. The molecule has 2 aromatic carbocycles. The first kappa shape index (κ1) is 24.5. The van der Waals surface area contributed by atoms with Crippen molar-refractivity contribution >= 4 is 55.1 Å². The lowest BCUT2D eigenvalue weighted by molar-refractivity contribution is 0.112. The lowest BCUT2D eigenvalue weighted by atomic mass is 10.2. The van der Waals surface area contributed by atoms with Crippen LogP contribution in [0.25, 0.3) is 0 Å². The number of carbonyl (C=O) groups is 1. The van der Waals surface area contributed by atoms with E-state index < -0.39 is 0 Å². The number of aryl methyl sites for hydroxylation is 2. The number of hydrogen-bond donors (Lipinski definition) is 2. The molecular formula is C22H30OS4. The lowest BCUT2D eigenvalue weighted by Crippen LogP contribution is -2.00. The van der Waals surface area contributed by atoms with E-state index in [0.717, 1.165) is 35.3 Å². The van der Waals surface area contributed by atoms with Crippen LogP contribution >= 0.6 is 48.8 Å². The van der Waals surface area contributed by atoms with Crippen LogP contribution in [0.2, 0.25) is 0 Å². The highest BCUT2D eigenvalue weighted by atomic mass is 32.2. The quantitative estimate of drug-likeness (QED) is 0.399. The van der Waals surface area contributed by atoms with Crippen LogP contribution in [0, 0.1) is 13.8 Å². The fourth-order valence-corrected chi connectivity index (χ4v) is 5.75. The second-order valence-corrected chi connectivity index (χ2v) is 9.79. The fourth-order valence-electron chi connectivity index (χ4n) is 2.31. The molecule has 0 N–H and O–H groups in total. The Morgan fingerprint density at radius 1 is 0.963 bits per heavy atom. The smallest absolute Gasteiger partial charge is 0.150 e. The van der Waals surface area contributed by atoms with Crippen LogP contribution in [-0.4, -0.2) is 29.3 Å². The SMILES string of the molecule is Cc1cccc(C2SCCCS2)c1.Cc1cccc(C=O)c1.SCCCS. The zero-order valence-electron chi connectivity index (χ0n) is 16.1. The lowest BCUT2D eigenvalue weighted by Gasteiger charge is -2.21. The van der Waals surface area contributed by atoms with E-state index >= 15 is 0 Å². The van der Waals surface area contributed by atoms with Gasteiger partial charge < -0.3 is 0 Å². The highest BCUT2D eigenvalue weighted by Crippen LogP contribution is 2.43. The van der Waals surface area contributed by atoms with Crippen LogP contribution in [0.4, 0.5) is 0 Å². The summed E-state index contributed by atoms with van der Waals surface area (Å²) in [6.07, 6.45) is 3.34. The predicted molar refractivity (Wildman–Crippen MR) is 132 cm³/mol. The molecular weight excluding hydrogens is 409 g/mol. The number of aldehydes is 1. The summed E-state index contributed by atoms with van der Waals surface area (Å²) in [5.41, 5.74) is 4.74. The van der Waals surface area contributed by atoms with Gasteiger partial charge in [-0.3, -0.25) is 4.79 Å². The van der Waals surface area contributed by atoms with Crippen molar-refractivity contribution in [3.8, 4) is 0 Å². The third-order valence-electron chi connectivity index (χ3n) is 3.64. The highest BCUT2D eigenvalue weighted by molar-refractivity contribution is 8.16. The molecule has 3 rings (SSSR count). The molecule has 1 aliphatic rings. The molecule has 27 heavy (non-hydrogen) atoms. The zero-order chi connectivity index (χ0) is 19.9. The van der Waals surface area contributed by atoms with Crippen LogP contribution in [0.3, 0.4) is 0 Å². The first-order valence-corrected chi connectivity index (χ1v) is 12.5. The Balaban J connectivity index is 0.000000227. The molecule has 0 aromatic heterocycles. The number of hydrogen-bond acceptors (Lipinski definition) is 5. The maximum absolute atomic E-state index is 10.2. The molecule has 1 fully saturated rings. The molecule has 0 spiro atoms. The van der Waals surface area contributed by atoms with E-state index in [1.54, 1.807) is 6.07 Å². The summed E-state index contributed by atoms with van der Waals surface area (Å²) in [6, 6.07) is 16.4. The third kappa shape index (κ3) is 11.2. The van der Waals surface area contributed by atoms with Gasteiger partial charge in [0.15, 0.2) is 0 Å². The molecule has 148 valence electrons. The Labute approximate surface area is 184 Å². The van der Waals surface area contributed by atoms with Crippen LogP contribution in [0.15, 0.2) is 48.5 Å². The molecule has 0 saturated carbocycles. The van der Waals surface area contributed by atoms with Gasteiger partial charge in [-0.05, 0) is 61.3 Å². The summed E-state index contributed by atoms with van der Waals surface area (Å²) in [5.74, 6) is 4.57. The average molecular weight is 439 g/mol. The first-order valence-electron chi connectivity index (χ1n) is 9.14. The van der Waals surface area contributed by atoms with Crippen LogP contribution in [0.5, 0.6) is 0 Å². The average Bonchev–Trinajstić information content (AvgIpc) is 2.70. The van der Waals surface area contributed by atoms with Crippen molar-refractivity contribution in [1.29, 1.82) is 0 Å². The number of rotatable bonds is 4. The second-order valence-electron chi connectivity index (χ2n) is 6.17. The summed E-state index contributed by atoms with van der Waals surface area (Å²) in [6.45, 7) is 4.13. The molecule has 0 unspecified atom stereocenters. The molecule has 5 heteroatoms. The van der Waals surface area contributed by atoms with E-state index in [2.05, 4.69) is 80.0 Å². The summed E-state index contributed by atoms with van der Waals surface area (Å²) in [5, 5.41) is 0. The monoisotopic (exact) mass is 438 g/mol. The van der Waals surface area contributed by atoms with Gasteiger partial charge in [0.05, 0.1) is 4.58 Å². The van der Waals surface area contributed by atoms with Gasteiger partial charge in [0.1, 0.15) is 6.29 Å². The van der Waals surface area contributed by atoms with Crippen LogP contribution in [0.1, 0.15) is 44.5 Å². The summed E-state index contributed by atoms with van der Waals surface area (Å²) in [7, 11) is 0. The molecule has 0 aliphatic carbocycles. The van der Waals surface area contributed by atoms with Gasteiger partial charge in [0, 0.05) is 5.56 Å². The molecule has 0 amide bonds. The van der Waals surface area contributed by atoms with Crippen molar-refractivity contribution in [2.75, 3.05) is 23.0 Å². The van der Waals surface area contributed by atoms with E-state index in [4.69, 9.17) is 0 Å². The van der Waals surface area contributed by atoms with E-state index in [1.165, 1.54) is 29.1 Å². The maximum atomic E-state index is 10.2. The molecule has 1 aliphatic heterocycles. The molecule has 0 radical (unpaired) electrons. The van der Waals surface area contributed by atoms with Gasteiger partial charge in [-0.1, -0.05) is 53.6 Å². The molecule has 1 saturated heterocycles. The van der Waals surface area contributed by atoms with E-state index in [0.29, 0.717) is 4.58 Å². The normalized spacial score (nSPS) is 13.6. The minimum absolute atomic E-state index is 0.689. The first-order chi connectivity index (χ1) is 13.1. The Morgan fingerprint density at radius 3 is 2.00 bits per heavy atom. The Morgan fingerprint density at radius 2 is 1.56 bits per heavy atom. The van der Waals surface area contributed by atoms with Gasteiger partial charge >= 0.3 is 0 Å². The van der Waals surface area contributed by atoms with Gasteiger partial charge in [0.2, 0.25) is 0 Å². The Kier molecular flexibility index (Phi) is 14.0. The summed E-state index contributed by atoms with van der Waals surface area (Å²) in [4.78, 5) is 10.2. The van der Waals surface area contributed by atoms with Gasteiger partial charge in [0.25, 0.3) is 0 Å². The number of thioether (sulfide) groups is 2. The van der Waals surface area contributed by atoms with Crippen molar-refractivity contribution in [2.45, 2.75) is 31.3 Å². The topological polar surface area (TPSA) is 17.1 Å². The molecule has 1 nitrogen and oxygen atoms in total. The van der Waals surface area contributed by atoms with Crippen molar-refractivity contribution in [3.63, 3.8) is 0 Å². The van der Waals surface area contributed by atoms with Crippen LogP contribution in [-0.2, 0) is 0 Å². The Bertz CT molecular complexity index is 652. The largest absolute Gasteiger partial charge is 0.298 e. The number of benzene rings is 2. The maximum Gasteiger partial charge on any atom is 0.150 e. The molecule has 0 atom stereocenters. The standard InChI is InChI=1S/C11H14S2.C8H8O.C3H8S2/c1-9-4-2-5-10(8-9)11-12-6-3-7-13-11;1-7-3-2-4-8(5-7)6-9;4-2-1-3-5/h2,4-5,8,11H,3,6-7H2,1H3;2-6H,1H3;4-5H,1-3H2. The van der Waals surface area contributed by atoms with E-state index in [-0.39, 0.29) is 0 Å². The Hall–Kier alpha value is -0.490. The van der Waals surface area contributed by atoms with Crippen molar-refractivity contribution in [2.24, 2.45) is 0 Å². The van der Waals surface area contributed by atoms with Crippen LogP contribution < -0.4 is 0 Å². The van der Waals surface area contributed by atoms with Gasteiger partial charge in [-0.25, -0.2) is 0 Å². The number of carbonyl (C=O) groups excluding carboxylic acids is 1. The fraction of sp³-hybridized carbons (Fsp3) is 0.409. The van der Waals surface area contributed by atoms with Crippen molar-refractivity contribution in [3.05, 3.63) is 70.8 Å². The number of thiol groups is 2. The van der Waals surface area contributed by atoms with Gasteiger partial charge in [-0.15, -0.1) is 23.5 Å². The molecule has 0 bridgehead atoms.